The number of quaternary nitrogens is 1. The van der Waals surface area contributed by atoms with E-state index in [2.05, 4.69) is 16.8 Å². The second kappa shape index (κ2) is 6.85. The molecule has 6 heteroatoms. The van der Waals surface area contributed by atoms with E-state index in [1.165, 1.54) is 0 Å². The number of anilines is 1. The number of benzene rings is 1. The van der Waals surface area contributed by atoms with Gasteiger partial charge in [-0.1, -0.05) is 12.0 Å². The molecule has 0 bridgehead atoms. The Hall–Kier alpha value is -2.78. The Morgan fingerprint density at radius 3 is 2.73 bits per heavy atom. The average Bonchev–Trinajstić information content (AvgIpc) is 2.96. The van der Waals surface area contributed by atoms with E-state index in [0.717, 1.165) is 17.9 Å². The van der Waals surface area contributed by atoms with Gasteiger partial charge in [0.05, 0.1) is 20.2 Å². The number of aromatic nitrogens is 2. The highest BCUT2D eigenvalue weighted by molar-refractivity contribution is 5.94. The summed E-state index contributed by atoms with van der Waals surface area (Å²) in [5.74, 6) is 8.40. The van der Waals surface area contributed by atoms with Crippen LogP contribution in [-0.2, 0) is 7.05 Å². The Kier molecular flexibility index (Phi) is 4.75. The van der Waals surface area contributed by atoms with Gasteiger partial charge in [0.25, 0.3) is 0 Å². The van der Waals surface area contributed by atoms with Crippen molar-refractivity contribution in [2.24, 2.45) is 7.05 Å². The van der Waals surface area contributed by atoms with Gasteiger partial charge in [0.2, 0.25) is 0 Å². The number of carbonyl (C=O) groups is 1. The van der Waals surface area contributed by atoms with Crippen LogP contribution < -0.4 is 9.64 Å². The molecule has 1 unspecified atom stereocenters. The summed E-state index contributed by atoms with van der Waals surface area (Å²) in [6, 6.07) is 7.66. The maximum Gasteiger partial charge on any atom is 0.367 e. The van der Waals surface area contributed by atoms with Crippen LogP contribution in [0.3, 0.4) is 0 Å². The Balaban J connectivity index is 1.98. The smallest absolute Gasteiger partial charge is 0.367 e. The number of imidazole rings is 1. The Bertz CT molecular complexity index is 906. The van der Waals surface area contributed by atoms with E-state index in [4.69, 9.17) is 4.74 Å². The van der Waals surface area contributed by atoms with E-state index >= 15 is 0 Å². The highest BCUT2D eigenvalue weighted by atomic mass is 16.5. The van der Waals surface area contributed by atoms with Crippen LogP contribution in [0.4, 0.5) is 5.82 Å². The van der Waals surface area contributed by atoms with Gasteiger partial charge in [0.1, 0.15) is 5.75 Å². The summed E-state index contributed by atoms with van der Waals surface area (Å²) in [7, 11) is 5.77. The molecule has 1 aliphatic heterocycles. The zero-order chi connectivity index (χ0) is 18.9. The second-order valence-corrected chi connectivity index (χ2v) is 6.73. The van der Waals surface area contributed by atoms with Crippen LogP contribution in [0, 0.1) is 11.8 Å². The van der Waals surface area contributed by atoms with Crippen LogP contribution in [0.1, 0.15) is 35.7 Å². The standard InChI is InChI=1S/C20H25N4O2/c1-6-24(5)14-22(3)19-18(20(24)25)23(4)17(21-19)12-11-15-9-8-10-16(13-15)26-7-2/h8-10,13H,6-7,14H2,1-5H3/q+1. The second-order valence-electron chi connectivity index (χ2n) is 6.73. The minimum absolute atomic E-state index is 0.0852. The van der Waals surface area contributed by atoms with Crippen LogP contribution in [0.5, 0.6) is 5.75 Å². The Labute approximate surface area is 154 Å². The predicted molar refractivity (Wildman–Crippen MR) is 101 cm³/mol. The number of amides is 1. The van der Waals surface area contributed by atoms with Crippen molar-refractivity contribution in [1.82, 2.24) is 9.55 Å². The quantitative estimate of drug-likeness (QED) is 0.627. The van der Waals surface area contributed by atoms with E-state index in [-0.39, 0.29) is 5.91 Å². The first-order valence-corrected chi connectivity index (χ1v) is 8.81. The molecule has 1 aliphatic rings. The minimum atomic E-state index is 0.0852. The lowest BCUT2D eigenvalue weighted by molar-refractivity contribution is -0.827. The van der Waals surface area contributed by atoms with Crippen LogP contribution in [0.25, 0.3) is 0 Å². The molecule has 1 atom stereocenters. The molecule has 26 heavy (non-hydrogen) atoms. The first kappa shape index (κ1) is 18.0. The van der Waals surface area contributed by atoms with Crippen molar-refractivity contribution in [3.05, 3.63) is 41.3 Å². The number of carbonyl (C=O) groups excluding carboxylic acids is 1. The SMILES string of the molecule is CCOc1cccc(C#Cc2nc3c(n2C)C(=O)[N+](C)(CC)CN3C)c1. The molecule has 0 saturated carbocycles. The molecule has 3 rings (SSSR count). The van der Waals surface area contributed by atoms with E-state index in [0.29, 0.717) is 35.1 Å². The van der Waals surface area contributed by atoms with Gasteiger partial charge >= 0.3 is 5.91 Å². The number of ether oxygens (including phenoxy) is 1. The summed E-state index contributed by atoms with van der Waals surface area (Å²) in [5, 5.41) is 0. The first-order chi connectivity index (χ1) is 12.4. The number of nitrogens with zero attached hydrogens (tertiary/aromatic N) is 4. The van der Waals surface area contributed by atoms with Crippen LogP contribution in [0.2, 0.25) is 0 Å². The molecule has 0 spiro atoms. The maximum absolute atomic E-state index is 13.0. The van der Waals surface area contributed by atoms with Gasteiger partial charge < -0.3 is 14.2 Å². The van der Waals surface area contributed by atoms with Gasteiger partial charge in [-0.2, -0.15) is 0 Å². The summed E-state index contributed by atoms with van der Waals surface area (Å²) in [6.45, 7) is 5.94. The third-order valence-corrected chi connectivity index (χ3v) is 4.82. The summed E-state index contributed by atoms with van der Waals surface area (Å²) >= 11 is 0. The lowest BCUT2D eigenvalue weighted by atomic mass is 10.2. The number of fused-ring (bicyclic) bond motifs is 1. The molecule has 0 fully saturated rings. The fourth-order valence-corrected chi connectivity index (χ4v) is 3.16. The van der Waals surface area contributed by atoms with Crippen molar-refractivity contribution in [3.63, 3.8) is 0 Å². The van der Waals surface area contributed by atoms with Gasteiger partial charge in [-0.05, 0) is 38.0 Å². The molecule has 1 amide bonds. The van der Waals surface area contributed by atoms with Crippen molar-refractivity contribution < 1.29 is 14.0 Å². The van der Waals surface area contributed by atoms with Crippen molar-refractivity contribution in [1.29, 1.82) is 0 Å². The fourth-order valence-electron chi connectivity index (χ4n) is 3.16. The highest BCUT2D eigenvalue weighted by Gasteiger charge is 2.43. The average molecular weight is 353 g/mol. The minimum Gasteiger partial charge on any atom is -0.494 e. The molecular weight excluding hydrogens is 328 g/mol. The molecule has 0 radical (unpaired) electrons. The van der Waals surface area contributed by atoms with Crippen LogP contribution in [0.15, 0.2) is 24.3 Å². The fraction of sp³-hybridized carbons (Fsp3) is 0.400. The molecular formula is C20H25N4O2+. The molecule has 0 aliphatic carbocycles. The Morgan fingerprint density at radius 1 is 1.27 bits per heavy atom. The largest absolute Gasteiger partial charge is 0.494 e. The number of rotatable bonds is 3. The number of hydrogen-bond acceptors (Lipinski definition) is 4. The molecule has 0 N–H and O–H groups in total. The summed E-state index contributed by atoms with van der Waals surface area (Å²) < 4.78 is 7.65. The first-order valence-electron chi connectivity index (χ1n) is 8.81. The van der Waals surface area contributed by atoms with E-state index < -0.39 is 0 Å². The van der Waals surface area contributed by atoms with Crippen molar-refractivity contribution >= 4 is 11.7 Å². The lowest BCUT2D eigenvalue weighted by Gasteiger charge is -2.38. The van der Waals surface area contributed by atoms with Crippen LogP contribution in [-0.4, -0.2) is 53.9 Å². The zero-order valence-corrected chi connectivity index (χ0v) is 16.0. The predicted octanol–water partition coefficient (Wildman–Crippen LogP) is 2.23. The zero-order valence-electron chi connectivity index (χ0n) is 16.0. The van der Waals surface area contributed by atoms with Gasteiger partial charge in [-0.15, -0.1) is 0 Å². The van der Waals surface area contributed by atoms with Gasteiger partial charge in [0, 0.05) is 19.7 Å². The number of hydrogen-bond donors (Lipinski definition) is 0. The third-order valence-electron chi connectivity index (χ3n) is 4.82. The van der Waals surface area contributed by atoms with E-state index in [1.807, 2.05) is 64.2 Å². The summed E-state index contributed by atoms with van der Waals surface area (Å²) in [4.78, 5) is 19.6. The molecule has 6 nitrogen and oxygen atoms in total. The molecule has 1 aromatic heterocycles. The normalized spacial score (nSPS) is 19.0. The Morgan fingerprint density at radius 2 is 2.04 bits per heavy atom. The molecule has 1 aromatic carbocycles. The van der Waals surface area contributed by atoms with Crippen molar-refractivity contribution in [2.75, 3.05) is 38.8 Å². The summed E-state index contributed by atoms with van der Waals surface area (Å²) in [5.41, 5.74) is 1.47. The third kappa shape index (κ3) is 3.06. The van der Waals surface area contributed by atoms with Gasteiger partial charge in [0.15, 0.2) is 24.0 Å². The van der Waals surface area contributed by atoms with Crippen molar-refractivity contribution in [3.8, 4) is 17.6 Å². The van der Waals surface area contributed by atoms with E-state index in [1.54, 1.807) is 4.57 Å². The molecule has 0 saturated heterocycles. The van der Waals surface area contributed by atoms with Gasteiger partial charge in [-0.25, -0.2) is 14.3 Å². The van der Waals surface area contributed by atoms with Crippen LogP contribution >= 0.6 is 0 Å². The van der Waals surface area contributed by atoms with E-state index in [9.17, 15) is 4.79 Å². The maximum atomic E-state index is 13.0. The van der Waals surface area contributed by atoms with Crippen molar-refractivity contribution in [2.45, 2.75) is 13.8 Å². The summed E-state index contributed by atoms with van der Waals surface area (Å²) in [6.07, 6.45) is 0. The molecule has 136 valence electrons. The van der Waals surface area contributed by atoms with Gasteiger partial charge in [-0.3, -0.25) is 0 Å². The lowest BCUT2D eigenvalue weighted by Crippen LogP contribution is -2.58. The highest BCUT2D eigenvalue weighted by Crippen LogP contribution is 2.29. The molecule has 2 heterocycles. The molecule has 2 aromatic rings. The topological polar surface area (TPSA) is 47.4 Å². The monoisotopic (exact) mass is 353 g/mol.